The van der Waals surface area contributed by atoms with Crippen LogP contribution in [0.2, 0.25) is 0 Å². The minimum Gasteiger partial charge on any atom is -0.485 e. The van der Waals surface area contributed by atoms with Crippen molar-refractivity contribution in [2.75, 3.05) is 12.1 Å². The van der Waals surface area contributed by atoms with Crippen LogP contribution in [0.1, 0.15) is 5.56 Å². The van der Waals surface area contributed by atoms with Gasteiger partial charge in [0, 0.05) is 7.05 Å². The molecule has 0 aromatic heterocycles. The van der Waals surface area contributed by atoms with Gasteiger partial charge in [-0.2, -0.15) is 0 Å². The predicted octanol–water partition coefficient (Wildman–Crippen LogP) is 3.34. The molecule has 0 radical (unpaired) electrons. The molecule has 0 fully saturated rings. The van der Waals surface area contributed by atoms with Gasteiger partial charge >= 0.3 is 0 Å². The van der Waals surface area contributed by atoms with Gasteiger partial charge < -0.3 is 9.75 Å². The highest BCUT2D eigenvalue weighted by molar-refractivity contribution is 9.10. The van der Waals surface area contributed by atoms with E-state index in [1.165, 1.54) is 0 Å². The van der Waals surface area contributed by atoms with Crippen LogP contribution < -0.4 is 15.6 Å². The summed E-state index contributed by atoms with van der Waals surface area (Å²) in [5.74, 6) is 6.54. The summed E-state index contributed by atoms with van der Waals surface area (Å²) in [6, 6.07) is 15.8. The van der Waals surface area contributed by atoms with Crippen LogP contribution in [-0.2, 0) is 6.61 Å². The molecule has 3 nitrogen and oxygen atoms in total. The van der Waals surface area contributed by atoms with E-state index in [4.69, 9.17) is 10.6 Å². The molecular formula is C14H15BrN2O. The fourth-order valence-corrected chi connectivity index (χ4v) is 2.12. The number of hydrazine groups is 1. The lowest BCUT2D eigenvalue weighted by Gasteiger charge is -2.18. The second-order valence-corrected chi connectivity index (χ2v) is 4.83. The van der Waals surface area contributed by atoms with Crippen LogP contribution in [0.5, 0.6) is 5.75 Å². The highest BCUT2D eigenvalue weighted by Gasteiger charge is 2.10. The summed E-state index contributed by atoms with van der Waals surface area (Å²) in [6.45, 7) is 0.518. The smallest absolute Gasteiger partial charge is 0.158 e. The number of anilines is 1. The summed E-state index contributed by atoms with van der Waals surface area (Å²) in [6.07, 6.45) is 0. The van der Waals surface area contributed by atoms with E-state index in [0.717, 1.165) is 21.5 Å². The molecule has 2 aromatic carbocycles. The molecular weight excluding hydrogens is 292 g/mol. The fraction of sp³-hybridized carbons (Fsp3) is 0.143. The number of benzene rings is 2. The van der Waals surface area contributed by atoms with Gasteiger partial charge in [0.25, 0.3) is 0 Å². The van der Waals surface area contributed by atoms with Crippen LogP contribution in [-0.4, -0.2) is 7.05 Å². The molecule has 4 heteroatoms. The first kappa shape index (κ1) is 12.9. The average Bonchev–Trinajstić information content (AvgIpc) is 2.38. The van der Waals surface area contributed by atoms with Crippen LogP contribution in [0.4, 0.5) is 5.69 Å². The summed E-state index contributed by atoms with van der Waals surface area (Å²) < 4.78 is 6.74. The van der Waals surface area contributed by atoms with E-state index in [0.29, 0.717) is 6.61 Å². The standard InChI is InChI=1S/C14H15BrN2O/c1-17(16)13-9-5-8-12(15)14(13)18-10-11-6-3-2-4-7-11/h2-9H,10,16H2,1H3. The molecule has 0 aliphatic heterocycles. The van der Waals surface area contributed by atoms with E-state index in [-0.39, 0.29) is 0 Å². The molecule has 0 unspecified atom stereocenters. The van der Waals surface area contributed by atoms with Crippen molar-refractivity contribution < 1.29 is 4.74 Å². The van der Waals surface area contributed by atoms with Gasteiger partial charge in [-0.15, -0.1) is 0 Å². The van der Waals surface area contributed by atoms with Gasteiger partial charge in [0.2, 0.25) is 0 Å². The number of ether oxygens (including phenoxy) is 1. The SMILES string of the molecule is CN(N)c1cccc(Br)c1OCc1ccccc1. The number of nitrogens with two attached hydrogens (primary N) is 1. The number of hydrogen-bond acceptors (Lipinski definition) is 3. The van der Waals surface area contributed by atoms with E-state index in [1.54, 1.807) is 12.1 Å². The minimum absolute atomic E-state index is 0.518. The van der Waals surface area contributed by atoms with Gasteiger partial charge in [-0.1, -0.05) is 36.4 Å². The Morgan fingerprint density at radius 2 is 1.83 bits per heavy atom. The highest BCUT2D eigenvalue weighted by Crippen LogP contribution is 2.34. The van der Waals surface area contributed by atoms with Crippen molar-refractivity contribution >= 4 is 21.6 Å². The lowest BCUT2D eigenvalue weighted by atomic mass is 10.2. The third-order valence-electron chi connectivity index (χ3n) is 2.55. The van der Waals surface area contributed by atoms with E-state index < -0.39 is 0 Å². The molecule has 94 valence electrons. The molecule has 0 spiro atoms. The zero-order valence-electron chi connectivity index (χ0n) is 10.1. The maximum Gasteiger partial charge on any atom is 0.158 e. The first-order chi connectivity index (χ1) is 8.68. The number of halogens is 1. The van der Waals surface area contributed by atoms with E-state index in [2.05, 4.69) is 15.9 Å². The Kier molecular flexibility index (Phi) is 4.23. The molecule has 0 atom stereocenters. The third kappa shape index (κ3) is 3.03. The first-order valence-corrected chi connectivity index (χ1v) is 6.41. The molecule has 0 bridgehead atoms. The largest absolute Gasteiger partial charge is 0.485 e. The number of hydrogen-bond donors (Lipinski definition) is 1. The molecule has 2 rings (SSSR count). The second kappa shape index (κ2) is 5.89. The Morgan fingerprint density at radius 3 is 2.50 bits per heavy atom. The molecule has 0 saturated heterocycles. The monoisotopic (exact) mass is 306 g/mol. The van der Waals surface area contributed by atoms with Gasteiger partial charge in [0.1, 0.15) is 6.61 Å². The molecule has 0 saturated carbocycles. The van der Waals surface area contributed by atoms with Crippen molar-refractivity contribution in [1.29, 1.82) is 0 Å². The summed E-state index contributed by atoms with van der Waals surface area (Å²) in [5, 5.41) is 1.55. The first-order valence-electron chi connectivity index (χ1n) is 5.62. The third-order valence-corrected chi connectivity index (χ3v) is 3.18. The zero-order chi connectivity index (χ0) is 13.0. The van der Waals surface area contributed by atoms with Crippen molar-refractivity contribution in [2.45, 2.75) is 6.61 Å². The van der Waals surface area contributed by atoms with Crippen molar-refractivity contribution in [3.05, 3.63) is 58.6 Å². The summed E-state index contributed by atoms with van der Waals surface area (Å²) in [4.78, 5) is 0. The van der Waals surface area contributed by atoms with E-state index in [9.17, 15) is 0 Å². The van der Waals surface area contributed by atoms with Crippen molar-refractivity contribution in [2.24, 2.45) is 5.84 Å². The van der Waals surface area contributed by atoms with Crippen LogP contribution in [0.3, 0.4) is 0 Å². The van der Waals surface area contributed by atoms with Crippen LogP contribution in [0.25, 0.3) is 0 Å². The van der Waals surface area contributed by atoms with Crippen LogP contribution in [0.15, 0.2) is 53.0 Å². The normalized spacial score (nSPS) is 10.2. The Labute approximate surface area is 115 Å². The molecule has 0 aliphatic rings. The molecule has 0 amide bonds. The van der Waals surface area contributed by atoms with Gasteiger partial charge in [-0.25, -0.2) is 5.84 Å². The van der Waals surface area contributed by atoms with E-state index in [1.807, 2.05) is 48.5 Å². The average molecular weight is 307 g/mol. The zero-order valence-corrected chi connectivity index (χ0v) is 11.7. The van der Waals surface area contributed by atoms with Crippen molar-refractivity contribution in [1.82, 2.24) is 0 Å². The van der Waals surface area contributed by atoms with Gasteiger partial charge in [-0.3, -0.25) is 0 Å². The number of nitrogens with zero attached hydrogens (tertiary/aromatic N) is 1. The lowest BCUT2D eigenvalue weighted by molar-refractivity contribution is 0.305. The number of para-hydroxylation sites is 1. The molecule has 0 aliphatic carbocycles. The van der Waals surface area contributed by atoms with Crippen LogP contribution >= 0.6 is 15.9 Å². The summed E-state index contributed by atoms with van der Waals surface area (Å²) in [5.41, 5.74) is 1.97. The maximum atomic E-state index is 5.85. The van der Waals surface area contributed by atoms with Crippen molar-refractivity contribution in [3.8, 4) is 5.75 Å². The van der Waals surface area contributed by atoms with E-state index >= 15 is 0 Å². The highest BCUT2D eigenvalue weighted by atomic mass is 79.9. The molecule has 0 heterocycles. The maximum absolute atomic E-state index is 5.85. The fourth-order valence-electron chi connectivity index (χ4n) is 1.65. The van der Waals surface area contributed by atoms with Crippen LogP contribution in [0, 0.1) is 0 Å². The minimum atomic E-state index is 0.518. The van der Waals surface area contributed by atoms with Gasteiger partial charge in [0.05, 0.1) is 10.2 Å². The summed E-state index contributed by atoms with van der Waals surface area (Å²) >= 11 is 3.48. The molecule has 2 N–H and O–H groups in total. The molecule has 2 aromatic rings. The van der Waals surface area contributed by atoms with Crippen molar-refractivity contribution in [3.63, 3.8) is 0 Å². The van der Waals surface area contributed by atoms with Gasteiger partial charge in [-0.05, 0) is 33.6 Å². The topological polar surface area (TPSA) is 38.5 Å². The Bertz CT molecular complexity index is 514. The lowest BCUT2D eigenvalue weighted by Crippen LogP contribution is -2.25. The molecule has 18 heavy (non-hydrogen) atoms. The quantitative estimate of drug-likeness (QED) is 0.695. The Hall–Kier alpha value is -1.52. The van der Waals surface area contributed by atoms with Gasteiger partial charge in [0.15, 0.2) is 5.75 Å². The Morgan fingerprint density at radius 1 is 1.11 bits per heavy atom. The number of rotatable bonds is 4. The Balaban J connectivity index is 2.19. The second-order valence-electron chi connectivity index (χ2n) is 3.97. The summed E-state index contributed by atoms with van der Waals surface area (Å²) in [7, 11) is 1.79. The predicted molar refractivity (Wildman–Crippen MR) is 77.5 cm³/mol.